The molecule has 3 rings (SSSR count). The van der Waals surface area contributed by atoms with Crippen molar-refractivity contribution in [3.63, 3.8) is 0 Å². The third kappa shape index (κ3) is 2.43. The van der Waals surface area contributed by atoms with E-state index >= 15 is 0 Å². The number of nitrogens with one attached hydrogen (secondary N) is 1. The van der Waals surface area contributed by atoms with Gasteiger partial charge in [-0.2, -0.15) is 0 Å². The van der Waals surface area contributed by atoms with Gasteiger partial charge in [-0.15, -0.1) is 0 Å². The highest BCUT2D eigenvalue weighted by molar-refractivity contribution is 5.98. The van der Waals surface area contributed by atoms with Crippen LogP contribution in [0.3, 0.4) is 0 Å². The molecule has 2 atom stereocenters. The number of aromatic nitrogens is 1. The van der Waals surface area contributed by atoms with Crippen LogP contribution in [0.15, 0.2) is 30.5 Å². The van der Waals surface area contributed by atoms with E-state index in [9.17, 15) is 0 Å². The molecule has 2 heterocycles. The van der Waals surface area contributed by atoms with Crippen LogP contribution in [0.1, 0.15) is 19.8 Å². The molecule has 0 radical (unpaired) electrons. The molecule has 20 heavy (non-hydrogen) atoms. The number of hydrogen-bond acceptors (Lipinski definition) is 4. The second-order valence-electron chi connectivity index (χ2n) is 5.80. The number of benzene rings is 1. The number of rotatable bonds is 2. The Morgan fingerprint density at radius 1 is 1.35 bits per heavy atom. The lowest BCUT2D eigenvalue weighted by atomic mass is 9.98. The van der Waals surface area contributed by atoms with Crippen LogP contribution in [0.4, 0.5) is 11.4 Å². The summed E-state index contributed by atoms with van der Waals surface area (Å²) in [6.07, 6.45) is 4.13. The largest absolute Gasteiger partial charge is 0.397 e. The number of piperidine rings is 1. The number of anilines is 2. The van der Waals surface area contributed by atoms with Crippen LogP contribution in [-0.4, -0.2) is 35.6 Å². The van der Waals surface area contributed by atoms with E-state index in [-0.39, 0.29) is 0 Å². The van der Waals surface area contributed by atoms with Gasteiger partial charge in [-0.25, -0.2) is 0 Å². The number of nitrogen functional groups attached to an aromatic ring is 1. The van der Waals surface area contributed by atoms with E-state index in [1.807, 2.05) is 12.1 Å². The average molecular weight is 270 g/mol. The first-order valence-corrected chi connectivity index (χ1v) is 7.25. The van der Waals surface area contributed by atoms with Gasteiger partial charge in [0.15, 0.2) is 0 Å². The van der Waals surface area contributed by atoms with Gasteiger partial charge in [0.25, 0.3) is 0 Å². The summed E-state index contributed by atoms with van der Waals surface area (Å²) in [5, 5.41) is 4.79. The van der Waals surface area contributed by atoms with Crippen molar-refractivity contribution in [1.29, 1.82) is 0 Å². The average Bonchev–Trinajstić information content (AvgIpc) is 2.46. The Kier molecular flexibility index (Phi) is 3.49. The van der Waals surface area contributed by atoms with Crippen LogP contribution >= 0.6 is 0 Å². The van der Waals surface area contributed by atoms with Crippen LogP contribution in [0.2, 0.25) is 0 Å². The Labute approximate surface area is 120 Å². The van der Waals surface area contributed by atoms with E-state index < -0.39 is 0 Å². The first kappa shape index (κ1) is 13.2. The van der Waals surface area contributed by atoms with Crippen LogP contribution in [0.5, 0.6) is 0 Å². The molecule has 106 valence electrons. The fourth-order valence-corrected chi connectivity index (χ4v) is 2.96. The van der Waals surface area contributed by atoms with E-state index in [0.717, 1.165) is 28.8 Å². The van der Waals surface area contributed by atoms with Crippen molar-refractivity contribution in [1.82, 2.24) is 9.88 Å². The molecule has 0 spiro atoms. The summed E-state index contributed by atoms with van der Waals surface area (Å²) < 4.78 is 0. The summed E-state index contributed by atoms with van der Waals surface area (Å²) >= 11 is 0. The normalized spacial score (nSPS) is 23.9. The van der Waals surface area contributed by atoms with Crippen LogP contribution < -0.4 is 11.1 Å². The van der Waals surface area contributed by atoms with Gasteiger partial charge >= 0.3 is 0 Å². The molecule has 3 N–H and O–H groups in total. The van der Waals surface area contributed by atoms with E-state index in [1.165, 1.54) is 12.8 Å². The predicted octanol–water partition coefficient (Wildman–Crippen LogP) is 2.71. The molecule has 0 bridgehead atoms. The second-order valence-corrected chi connectivity index (χ2v) is 5.80. The molecule has 0 aliphatic carbocycles. The van der Waals surface area contributed by atoms with Crippen LogP contribution in [-0.2, 0) is 0 Å². The van der Waals surface area contributed by atoms with Gasteiger partial charge in [0.2, 0.25) is 0 Å². The molecule has 1 saturated heterocycles. The minimum absolute atomic E-state index is 0.522. The third-order valence-electron chi connectivity index (χ3n) is 4.37. The second kappa shape index (κ2) is 5.29. The lowest BCUT2D eigenvalue weighted by Crippen LogP contribution is -2.42. The van der Waals surface area contributed by atoms with E-state index in [4.69, 9.17) is 5.73 Å². The highest BCUT2D eigenvalue weighted by Crippen LogP contribution is 2.28. The molecule has 2 aromatic rings. The van der Waals surface area contributed by atoms with Crippen molar-refractivity contribution in [2.24, 2.45) is 0 Å². The number of fused-ring (bicyclic) bond motifs is 1. The minimum Gasteiger partial charge on any atom is -0.397 e. The number of hydrogen-bond donors (Lipinski definition) is 2. The number of pyridine rings is 1. The van der Waals surface area contributed by atoms with Crippen molar-refractivity contribution < 1.29 is 0 Å². The van der Waals surface area contributed by atoms with Gasteiger partial charge in [-0.05, 0) is 51.1 Å². The monoisotopic (exact) mass is 270 g/mol. The van der Waals surface area contributed by atoms with Crippen LogP contribution in [0.25, 0.3) is 10.9 Å². The Hall–Kier alpha value is -1.81. The zero-order valence-electron chi connectivity index (χ0n) is 12.1. The number of nitrogens with two attached hydrogens (primary N) is 1. The molecule has 0 saturated carbocycles. The zero-order valence-corrected chi connectivity index (χ0v) is 12.1. The van der Waals surface area contributed by atoms with E-state index in [2.05, 4.69) is 41.3 Å². The van der Waals surface area contributed by atoms with Crippen molar-refractivity contribution in [2.45, 2.75) is 31.8 Å². The molecule has 1 fully saturated rings. The lowest BCUT2D eigenvalue weighted by molar-refractivity contribution is 0.190. The molecule has 2 unspecified atom stereocenters. The Bertz CT molecular complexity index is 610. The van der Waals surface area contributed by atoms with Gasteiger partial charge in [0.1, 0.15) is 0 Å². The maximum absolute atomic E-state index is 6.00. The number of likely N-dealkylation sites (tertiary alicyclic amines) is 1. The maximum atomic E-state index is 6.00. The highest BCUT2D eigenvalue weighted by Gasteiger charge is 2.23. The molecule has 1 aromatic heterocycles. The minimum atomic E-state index is 0.522. The summed E-state index contributed by atoms with van der Waals surface area (Å²) in [4.78, 5) is 6.81. The smallest absolute Gasteiger partial charge is 0.0951 e. The topological polar surface area (TPSA) is 54.2 Å². The summed E-state index contributed by atoms with van der Waals surface area (Å²) in [6.45, 7) is 3.43. The fraction of sp³-hybridized carbons (Fsp3) is 0.438. The molecule has 4 heteroatoms. The Morgan fingerprint density at radius 3 is 3.00 bits per heavy atom. The molecule has 4 nitrogen and oxygen atoms in total. The van der Waals surface area contributed by atoms with Crippen molar-refractivity contribution >= 4 is 22.3 Å². The Morgan fingerprint density at radius 2 is 2.20 bits per heavy atom. The molecule has 0 amide bonds. The summed E-state index contributed by atoms with van der Waals surface area (Å²) in [5.74, 6) is 0. The summed E-state index contributed by atoms with van der Waals surface area (Å²) in [5.41, 5.74) is 8.77. The predicted molar refractivity (Wildman–Crippen MR) is 84.9 cm³/mol. The van der Waals surface area contributed by atoms with Gasteiger partial charge in [0.05, 0.1) is 11.2 Å². The molecule has 1 aromatic carbocycles. The maximum Gasteiger partial charge on any atom is 0.0951 e. The van der Waals surface area contributed by atoms with Crippen molar-refractivity contribution in [2.75, 3.05) is 24.6 Å². The van der Waals surface area contributed by atoms with Gasteiger partial charge < -0.3 is 16.0 Å². The van der Waals surface area contributed by atoms with Crippen LogP contribution in [0, 0.1) is 0 Å². The SMILES string of the molecule is CC1CC(Nc2ccc(N)c3ncccc23)CCN1C. The van der Waals surface area contributed by atoms with Crippen molar-refractivity contribution in [3.8, 4) is 0 Å². The molecular weight excluding hydrogens is 248 g/mol. The summed E-state index contributed by atoms with van der Waals surface area (Å²) in [7, 11) is 2.20. The first-order valence-electron chi connectivity index (χ1n) is 7.25. The standard InChI is InChI=1S/C16H22N4/c1-11-10-12(7-9-20(11)2)19-15-6-5-14(17)16-13(15)4-3-8-18-16/h3-6,8,11-12,19H,7,9-10,17H2,1-2H3. The molecular formula is C16H22N4. The van der Waals surface area contributed by atoms with E-state index in [1.54, 1.807) is 6.20 Å². The third-order valence-corrected chi connectivity index (χ3v) is 4.37. The highest BCUT2D eigenvalue weighted by atomic mass is 15.1. The first-order chi connectivity index (χ1) is 9.65. The quantitative estimate of drug-likeness (QED) is 0.824. The van der Waals surface area contributed by atoms with Gasteiger partial charge in [0, 0.05) is 35.9 Å². The summed E-state index contributed by atoms with van der Waals surface area (Å²) in [6, 6.07) is 9.20. The molecule has 1 aliphatic rings. The Balaban J connectivity index is 1.86. The fourth-order valence-electron chi connectivity index (χ4n) is 2.96. The molecule has 1 aliphatic heterocycles. The van der Waals surface area contributed by atoms with Crippen molar-refractivity contribution in [3.05, 3.63) is 30.5 Å². The lowest BCUT2D eigenvalue weighted by Gasteiger charge is -2.36. The number of nitrogens with zero attached hydrogens (tertiary/aromatic N) is 2. The van der Waals surface area contributed by atoms with Gasteiger partial charge in [-0.1, -0.05) is 0 Å². The zero-order chi connectivity index (χ0) is 14.1. The van der Waals surface area contributed by atoms with Gasteiger partial charge in [-0.3, -0.25) is 4.98 Å². The van der Waals surface area contributed by atoms with E-state index in [0.29, 0.717) is 12.1 Å².